The van der Waals surface area contributed by atoms with Gasteiger partial charge >= 0.3 is 0 Å². The molecule has 0 bridgehead atoms. The fourth-order valence-corrected chi connectivity index (χ4v) is 2.17. The third kappa shape index (κ3) is 4.93. The summed E-state index contributed by atoms with van der Waals surface area (Å²) in [6, 6.07) is 11.4. The standard InChI is InChI=1S/C16H14BrN3O3/c1-10(21)19-14-4-2-3-11(8-14)16(23)20-18-9-12-7-13(17)5-6-15(12)22/h2-9,22H,1H3,(H,19,21)(H,20,23)/b18-9-. The smallest absolute Gasteiger partial charge is 0.271 e. The van der Waals surface area contributed by atoms with Gasteiger partial charge in [0.05, 0.1) is 6.21 Å². The lowest BCUT2D eigenvalue weighted by molar-refractivity contribution is -0.114. The third-order valence-corrected chi connectivity index (χ3v) is 3.30. The number of amides is 2. The number of hydrogen-bond acceptors (Lipinski definition) is 4. The third-order valence-electron chi connectivity index (χ3n) is 2.80. The van der Waals surface area contributed by atoms with Crippen molar-refractivity contribution in [3.8, 4) is 5.75 Å². The minimum absolute atomic E-state index is 0.0545. The van der Waals surface area contributed by atoms with Crippen LogP contribution in [0.4, 0.5) is 5.69 Å². The van der Waals surface area contributed by atoms with E-state index in [0.29, 0.717) is 16.8 Å². The Morgan fingerprint density at radius 1 is 1.22 bits per heavy atom. The average Bonchev–Trinajstić information content (AvgIpc) is 2.50. The largest absolute Gasteiger partial charge is 0.507 e. The number of phenolic OH excluding ortho intramolecular Hbond substituents is 1. The van der Waals surface area contributed by atoms with Crippen LogP contribution in [0.1, 0.15) is 22.8 Å². The van der Waals surface area contributed by atoms with E-state index in [-0.39, 0.29) is 11.7 Å². The molecular weight excluding hydrogens is 362 g/mol. The molecular formula is C16H14BrN3O3. The molecule has 0 heterocycles. The van der Waals surface area contributed by atoms with Gasteiger partial charge in [0.25, 0.3) is 5.91 Å². The molecule has 0 fully saturated rings. The molecule has 6 nitrogen and oxygen atoms in total. The van der Waals surface area contributed by atoms with Crippen LogP contribution in [0.3, 0.4) is 0 Å². The van der Waals surface area contributed by atoms with E-state index in [1.807, 2.05) is 0 Å². The molecule has 0 saturated heterocycles. The Kier molecular flexibility index (Phi) is 5.48. The van der Waals surface area contributed by atoms with E-state index in [0.717, 1.165) is 4.47 Å². The van der Waals surface area contributed by atoms with Crippen LogP contribution < -0.4 is 10.7 Å². The first kappa shape index (κ1) is 16.7. The summed E-state index contributed by atoms with van der Waals surface area (Å²) in [5, 5.41) is 16.1. The van der Waals surface area contributed by atoms with E-state index in [9.17, 15) is 14.7 Å². The zero-order chi connectivity index (χ0) is 16.8. The minimum Gasteiger partial charge on any atom is -0.507 e. The highest BCUT2D eigenvalue weighted by atomic mass is 79.9. The quantitative estimate of drug-likeness (QED) is 0.566. The number of rotatable bonds is 4. The molecule has 0 radical (unpaired) electrons. The van der Waals surface area contributed by atoms with E-state index in [4.69, 9.17) is 0 Å². The van der Waals surface area contributed by atoms with Gasteiger partial charge in [0.15, 0.2) is 0 Å². The Balaban J connectivity index is 2.06. The van der Waals surface area contributed by atoms with E-state index in [2.05, 4.69) is 31.8 Å². The zero-order valence-electron chi connectivity index (χ0n) is 12.2. The Labute approximate surface area is 141 Å². The molecule has 2 aromatic carbocycles. The van der Waals surface area contributed by atoms with Crippen molar-refractivity contribution in [2.45, 2.75) is 6.92 Å². The summed E-state index contributed by atoms with van der Waals surface area (Å²) in [6.07, 6.45) is 1.34. The van der Waals surface area contributed by atoms with Crippen molar-refractivity contribution in [2.24, 2.45) is 5.10 Å². The maximum atomic E-state index is 12.0. The summed E-state index contributed by atoms with van der Waals surface area (Å²) in [5.74, 6) is -0.590. The van der Waals surface area contributed by atoms with Gasteiger partial charge in [0.1, 0.15) is 5.75 Å². The number of benzene rings is 2. The van der Waals surface area contributed by atoms with E-state index >= 15 is 0 Å². The first-order chi connectivity index (χ1) is 11.0. The number of nitrogens with zero attached hydrogens (tertiary/aromatic N) is 1. The number of aromatic hydroxyl groups is 1. The molecule has 0 unspecified atom stereocenters. The lowest BCUT2D eigenvalue weighted by Crippen LogP contribution is -2.18. The highest BCUT2D eigenvalue weighted by Crippen LogP contribution is 2.20. The van der Waals surface area contributed by atoms with Crippen LogP contribution >= 0.6 is 15.9 Å². The van der Waals surface area contributed by atoms with Gasteiger partial charge in [-0.15, -0.1) is 0 Å². The van der Waals surface area contributed by atoms with Gasteiger partial charge in [0, 0.05) is 28.2 Å². The summed E-state index contributed by atoms with van der Waals surface area (Å²) in [6.45, 7) is 1.39. The second kappa shape index (κ2) is 7.55. The van der Waals surface area contributed by atoms with Crippen LogP contribution in [0.5, 0.6) is 5.75 Å². The second-order valence-electron chi connectivity index (χ2n) is 4.66. The van der Waals surface area contributed by atoms with Crippen molar-refractivity contribution in [1.29, 1.82) is 0 Å². The molecule has 2 rings (SSSR count). The van der Waals surface area contributed by atoms with Gasteiger partial charge in [-0.25, -0.2) is 5.43 Å². The molecule has 0 saturated carbocycles. The van der Waals surface area contributed by atoms with Crippen LogP contribution in [0.25, 0.3) is 0 Å². The van der Waals surface area contributed by atoms with E-state index in [1.54, 1.807) is 36.4 Å². The van der Waals surface area contributed by atoms with Crippen molar-refractivity contribution in [3.05, 3.63) is 58.1 Å². The highest BCUT2D eigenvalue weighted by Gasteiger charge is 2.06. The minimum atomic E-state index is -0.428. The number of phenols is 1. The Morgan fingerprint density at radius 3 is 2.74 bits per heavy atom. The van der Waals surface area contributed by atoms with Crippen molar-refractivity contribution in [3.63, 3.8) is 0 Å². The van der Waals surface area contributed by atoms with Gasteiger partial charge in [-0.1, -0.05) is 22.0 Å². The van der Waals surface area contributed by atoms with Crippen LogP contribution in [0, 0.1) is 0 Å². The van der Waals surface area contributed by atoms with E-state index in [1.165, 1.54) is 19.2 Å². The number of anilines is 1. The Hall–Kier alpha value is -2.67. The van der Waals surface area contributed by atoms with Crippen molar-refractivity contribution >= 4 is 39.6 Å². The lowest BCUT2D eigenvalue weighted by atomic mass is 10.2. The summed E-state index contributed by atoms with van der Waals surface area (Å²) >= 11 is 3.29. The number of carbonyl (C=O) groups excluding carboxylic acids is 2. The van der Waals surface area contributed by atoms with Gasteiger partial charge in [0.2, 0.25) is 5.91 Å². The Morgan fingerprint density at radius 2 is 2.00 bits per heavy atom. The second-order valence-corrected chi connectivity index (χ2v) is 5.58. The van der Waals surface area contributed by atoms with Crippen LogP contribution in [-0.2, 0) is 4.79 Å². The molecule has 118 valence electrons. The molecule has 0 spiro atoms. The molecule has 2 amide bonds. The molecule has 0 aromatic heterocycles. The number of halogens is 1. The molecule has 0 aliphatic rings. The SMILES string of the molecule is CC(=O)Nc1cccc(C(=O)N/N=C\c2cc(Br)ccc2O)c1. The first-order valence-electron chi connectivity index (χ1n) is 6.65. The summed E-state index contributed by atoms with van der Waals surface area (Å²) in [7, 11) is 0. The number of nitrogens with one attached hydrogen (secondary N) is 2. The fourth-order valence-electron chi connectivity index (χ4n) is 1.80. The van der Waals surface area contributed by atoms with Gasteiger partial charge in [-0.3, -0.25) is 9.59 Å². The summed E-state index contributed by atoms with van der Waals surface area (Å²) < 4.78 is 0.783. The Bertz CT molecular complexity index is 775. The zero-order valence-corrected chi connectivity index (χ0v) is 13.8. The van der Waals surface area contributed by atoms with Crippen molar-refractivity contribution < 1.29 is 14.7 Å². The fraction of sp³-hybridized carbons (Fsp3) is 0.0625. The van der Waals surface area contributed by atoms with Gasteiger partial charge in [-0.05, 0) is 36.4 Å². The predicted molar refractivity (Wildman–Crippen MR) is 91.6 cm³/mol. The average molecular weight is 376 g/mol. The summed E-state index contributed by atoms with van der Waals surface area (Å²) in [4.78, 5) is 23.0. The summed E-state index contributed by atoms with van der Waals surface area (Å²) in [5.41, 5.74) is 3.71. The molecule has 0 aliphatic carbocycles. The molecule has 3 N–H and O–H groups in total. The van der Waals surface area contributed by atoms with Gasteiger partial charge in [-0.2, -0.15) is 5.10 Å². The highest BCUT2D eigenvalue weighted by molar-refractivity contribution is 9.10. The van der Waals surface area contributed by atoms with Gasteiger partial charge < -0.3 is 10.4 Å². The van der Waals surface area contributed by atoms with Crippen molar-refractivity contribution in [2.75, 3.05) is 5.32 Å². The molecule has 0 atom stereocenters. The molecule has 2 aromatic rings. The molecule has 23 heavy (non-hydrogen) atoms. The molecule has 0 aliphatic heterocycles. The topological polar surface area (TPSA) is 90.8 Å². The maximum absolute atomic E-state index is 12.0. The van der Waals surface area contributed by atoms with Crippen LogP contribution in [-0.4, -0.2) is 23.1 Å². The number of hydrogen-bond donors (Lipinski definition) is 3. The van der Waals surface area contributed by atoms with Crippen LogP contribution in [0.2, 0.25) is 0 Å². The first-order valence-corrected chi connectivity index (χ1v) is 7.44. The maximum Gasteiger partial charge on any atom is 0.271 e. The van der Waals surface area contributed by atoms with Crippen LogP contribution in [0.15, 0.2) is 52.0 Å². The normalized spacial score (nSPS) is 10.5. The number of hydrazone groups is 1. The monoisotopic (exact) mass is 375 g/mol. The van der Waals surface area contributed by atoms with Crippen molar-refractivity contribution in [1.82, 2.24) is 5.43 Å². The van der Waals surface area contributed by atoms with E-state index < -0.39 is 5.91 Å². The number of carbonyl (C=O) groups is 2. The lowest BCUT2D eigenvalue weighted by Gasteiger charge is -2.04. The predicted octanol–water partition coefficient (Wildman–Crippen LogP) is 2.88. The molecule has 7 heteroatoms.